The van der Waals surface area contributed by atoms with Crippen LogP contribution in [0.2, 0.25) is 0 Å². The molecule has 0 amide bonds. The fourth-order valence-electron chi connectivity index (χ4n) is 4.20. The lowest BCUT2D eigenvalue weighted by Gasteiger charge is -2.31. The molecule has 0 radical (unpaired) electrons. The van der Waals surface area contributed by atoms with Crippen LogP contribution < -0.4 is 14.8 Å². The van der Waals surface area contributed by atoms with Crippen LogP contribution >= 0.6 is 0 Å². The van der Waals surface area contributed by atoms with Crippen molar-refractivity contribution in [3.8, 4) is 5.75 Å². The highest BCUT2D eigenvalue weighted by atomic mass is 32.2. The Hall–Kier alpha value is -1.27. The maximum atomic E-state index is 12.4. The van der Waals surface area contributed by atoms with E-state index in [0.29, 0.717) is 12.0 Å². The van der Waals surface area contributed by atoms with Gasteiger partial charge in [0.1, 0.15) is 5.75 Å². The third kappa shape index (κ3) is 6.61. The maximum absolute atomic E-state index is 12.4. The molecule has 2 aliphatic rings. The topological polar surface area (TPSA) is 67.4 Å². The van der Waals surface area contributed by atoms with Gasteiger partial charge in [-0.05, 0) is 90.2 Å². The van der Waals surface area contributed by atoms with Crippen molar-refractivity contribution in [3.63, 3.8) is 0 Å². The molecule has 1 aromatic rings. The van der Waals surface area contributed by atoms with Gasteiger partial charge in [0, 0.05) is 24.3 Å². The molecule has 0 aliphatic heterocycles. The highest BCUT2D eigenvalue weighted by molar-refractivity contribution is 7.90. The molecule has 5 nitrogen and oxygen atoms in total. The van der Waals surface area contributed by atoms with E-state index in [-0.39, 0.29) is 6.04 Å². The van der Waals surface area contributed by atoms with Gasteiger partial charge < -0.3 is 10.1 Å². The second-order valence-corrected chi connectivity index (χ2v) is 12.2. The number of sulfonamides is 1. The van der Waals surface area contributed by atoms with E-state index in [4.69, 9.17) is 4.74 Å². The standard InChI is InChI=1S/C23H38N2O3S/c1-23(2,3)29(26,27)25-19-14-12-18(13-15-19)17-24-20-8-7-11-22(16-20)28-21-9-5-4-6-10-21/h7-8,11,16,18-19,21,24-25H,4-6,9-10,12-15,17H2,1-3H3. The third-order valence-electron chi connectivity index (χ3n) is 6.26. The van der Waals surface area contributed by atoms with Crippen LogP contribution in [0.3, 0.4) is 0 Å². The fourth-order valence-corrected chi connectivity index (χ4v) is 5.23. The number of nitrogens with one attached hydrogen (secondary N) is 2. The summed E-state index contributed by atoms with van der Waals surface area (Å²) in [5, 5.41) is 3.56. The van der Waals surface area contributed by atoms with E-state index in [9.17, 15) is 8.42 Å². The highest BCUT2D eigenvalue weighted by Gasteiger charge is 2.32. The van der Waals surface area contributed by atoms with Gasteiger partial charge in [-0.3, -0.25) is 0 Å². The fraction of sp³-hybridized carbons (Fsp3) is 0.739. The monoisotopic (exact) mass is 422 g/mol. The van der Waals surface area contributed by atoms with Crippen LogP contribution in [0.5, 0.6) is 5.75 Å². The number of rotatable bonds is 7. The Balaban J connectivity index is 1.43. The van der Waals surface area contributed by atoms with Crippen molar-refractivity contribution < 1.29 is 13.2 Å². The van der Waals surface area contributed by atoms with Gasteiger partial charge in [-0.2, -0.15) is 0 Å². The van der Waals surface area contributed by atoms with Crippen molar-refractivity contribution >= 4 is 15.7 Å². The number of hydrogen-bond acceptors (Lipinski definition) is 4. The van der Waals surface area contributed by atoms with Crippen molar-refractivity contribution in [2.45, 2.75) is 95.5 Å². The van der Waals surface area contributed by atoms with E-state index in [1.54, 1.807) is 20.8 Å². The molecule has 0 aromatic heterocycles. The van der Waals surface area contributed by atoms with Crippen LogP contribution in [-0.4, -0.2) is 31.9 Å². The van der Waals surface area contributed by atoms with Crippen LogP contribution in [0, 0.1) is 5.92 Å². The predicted molar refractivity (Wildman–Crippen MR) is 120 cm³/mol. The van der Waals surface area contributed by atoms with Gasteiger partial charge in [0.2, 0.25) is 10.0 Å². The Morgan fingerprint density at radius 1 is 1.00 bits per heavy atom. The van der Waals surface area contributed by atoms with E-state index in [1.807, 2.05) is 6.07 Å². The van der Waals surface area contributed by atoms with Gasteiger partial charge >= 0.3 is 0 Å². The third-order valence-corrected chi connectivity index (χ3v) is 8.51. The zero-order chi connectivity index (χ0) is 20.9. The minimum absolute atomic E-state index is 0.0719. The van der Waals surface area contributed by atoms with Gasteiger partial charge in [0.15, 0.2) is 0 Å². The van der Waals surface area contributed by atoms with Crippen LogP contribution in [0.15, 0.2) is 24.3 Å². The Bertz CT molecular complexity index is 744. The van der Waals surface area contributed by atoms with E-state index >= 15 is 0 Å². The normalized spacial score (nSPS) is 24.2. The van der Waals surface area contributed by atoms with Gasteiger partial charge in [-0.25, -0.2) is 13.1 Å². The minimum atomic E-state index is -3.27. The van der Waals surface area contributed by atoms with Gasteiger partial charge in [-0.15, -0.1) is 0 Å². The molecule has 2 aliphatic carbocycles. The van der Waals surface area contributed by atoms with Crippen molar-refractivity contribution in [2.75, 3.05) is 11.9 Å². The molecule has 1 aromatic carbocycles. The summed E-state index contributed by atoms with van der Waals surface area (Å²) in [4.78, 5) is 0. The molecule has 29 heavy (non-hydrogen) atoms. The Labute approximate surface area is 177 Å². The molecule has 0 bridgehead atoms. The molecular formula is C23H38N2O3S. The molecule has 2 saturated carbocycles. The predicted octanol–water partition coefficient (Wildman–Crippen LogP) is 5.09. The lowest BCUT2D eigenvalue weighted by molar-refractivity contribution is 0.155. The van der Waals surface area contributed by atoms with Crippen LogP contribution in [0.1, 0.15) is 78.6 Å². The Kier molecular flexibility index (Phi) is 7.49. The first-order valence-corrected chi connectivity index (χ1v) is 12.7. The highest BCUT2D eigenvalue weighted by Crippen LogP contribution is 2.28. The molecule has 3 rings (SSSR count). The summed E-state index contributed by atoms with van der Waals surface area (Å²) in [6, 6.07) is 8.38. The second-order valence-electron chi connectivity index (χ2n) is 9.74. The Morgan fingerprint density at radius 2 is 1.69 bits per heavy atom. The lowest BCUT2D eigenvalue weighted by Crippen LogP contribution is -2.46. The second kappa shape index (κ2) is 9.69. The molecule has 0 spiro atoms. The number of anilines is 1. The molecule has 0 unspecified atom stereocenters. The minimum Gasteiger partial charge on any atom is -0.490 e. The number of ether oxygens (including phenoxy) is 1. The molecule has 0 atom stereocenters. The Morgan fingerprint density at radius 3 is 2.34 bits per heavy atom. The summed E-state index contributed by atoms with van der Waals surface area (Å²) < 4.78 is 33.0. The summed E-state index contributed by atoms with van der Waals surface area (Å²) in [6.45, 7) is 6.16. The molecule has 0 heterocycles. The maximum Gasteiger partial charge on any atom is 0.216 e. The van der Waals surface area contributed by atoms with Gasteiger partial charge in [-0.1, -0.05) is 12.5 Å². The summed E-state index contributed by atoms with van der Waals surface area (Å²) in [5.74, 6) is 1.54. The zero-order valence-corrected chi connectivity index (χ0v) is 19.1. The van der Waals surface area contributed by atoms with Gasteiger partial charge in [0.05, 0.1) is 10.9 Å². The molecule has 6 heteroatoms. The summed E-state index contributed by atoms with van der Waals surface area (Å²) in [7, 11) is -3.27. The van der Waals surface area contributed by atoms with E-state index in [1.165, 1.54) is 32.1 Å². The average molecular weight is 423 g/mol. The average Bonchev–Trinajstić information content (AvgIpc) is 2.67. The molecular weight excluding hydrogens is 384 g/mol. The van der Waals surface area contributed by atoms with Crippen molar-refractivity contribution in [1.29, 1.82) is 0 Å². The molecule has 164 valence electrons. The molecule has 2 fully saturated rings. The van der Waals surface area contributed by atoms with Crippen molar-refractivity contribution in [2.24, 2.45) is 5.92 Å². The molecule has 2 N–H and O–H groups in total. The largest absolute Gasteiger partial charge is 0.490 e. The summed E-state index contributed by atoms with van der Waals surface area (Å²) in [6.07, 6.45) is 10.5. The zero-order valence-electron chi connectivity index (χ0n) is 18.2. The van der Waals surface area contributed by atoms with E-state index in [0.717, 1.165) is 43.7 Å². The van der Waals surface area contributed by atoms with Crippen molar-refractivity contribution in [3.05, 3.63) is 24.3 Å². The van der Waals surface area contributed by atoms with Gasteiger partial charge in [0.25, 0.3) is 0 Å². The van der Waals surface area contributed by atoms with Crippen LogP contribution in [0.25, 0.3) is 0 Å². The summed E-state index contributed by atoms with van der Waals surface area (Å²) in [5.41, 5.74) is 1.11. The van der Waals surface area contributed by atoms with E-state index < -0.39 is 14.8 Å². The first-order valence-electron chi connectivity index (χ1n) is 11.3. The van der Waals surface area contributed by atoms with Crippen LogP contribution in [0.4, 0.5) is 5.69 Å². The van der Waals surface area contributed by atoms with E-state index in [2.05, 4.69) is 28.2 Å². The molecule has 0 saturated heterocycles. The number of hydrogen-bond donors (Lipinski definition) is 2. The van der Waals surface area contributed by atoms with Crippen molar-refractivity contribution in [1.82, 2.24) is 4.72 Å². The smallest absolute Gasteiger partial charge is 0.216 e. The number of benzene rings is 1. The summed E-state index contributed by atoms with van der Waals surface area (Å²) >= 11 is 0. The van der Waals surface area contributed by atoms with Crippen LogP contribution in [-0.2, 0) is 10.0 Å². The first kappa shape index (κ1) is 22.4. The lowest BCUT2D eigenvalue weighted by atomic mass is 9.86. The quantitative estimate of drug-likeness (QED) is 0.642. The first-order chi connectivity index (χ1) is 13.7. The SMILES string of the molecule is CC(C)(C)S(=O)(=O)NC1CCC(CNc2cccc(OC3CCCCC3)c2)CC1.